The molecule has 0 radical (unpaired) electrons. The quantitative estimate of drug-likeness (QED) is 0.846. The van der Waals surface area contributed by atoms with Crippen LogP contribution in [-0.2, 0) is 16.1 Å². The number of carbonyl (C=O) groups is 2. The molecule has 2 heterocycles. The van der Waals surface area contributed by atoms with Gasteiger partial charge in [0.15, 0.2) is 5.72 Å². The van der Waals surface area contributed by atoms with Crippen molar-refractivity contribution in [3.8, 4) is 5.75 Å². The molecule has 1 fully saturated rings. The number of amides is 2. The van der Waals surface area contributed by atoms with Gasteiger partial charge >= 0.3 is 0 Å². The van der Waals surface area contributed by atoms with Gasteiger partial charge in [0.2, 0.25) is 11.8 Å². The molecule has 25 heavy (non-hydrogen) atoms. The number of fused-ring (bicyclic) bond motifs is 4. The molecule has 0 unspecified atom stereocenters. The summed E-state index contributed by atoms with van der Waals surface area (Å²) in [5, 5.41) is 5.78. The summed E-state index contributed by atoms with van der Waals surface area (Å²) in [6, 6.07) is 17.3. The molecule has 2 bridgehead atoms. The molecule has 128 valence electrons. The van der Waals surface area contributed by atoms with Crippen LogP contribution >= 0.6 is 0 Å². The van der Waals surface area contributed by atoms with E-state index in [0.29, 0.717) is 13.0 Å². The van der Waals surface area contributed by atoms with Crippen molar-refractivity contribution in [2.75, 3.05) is 0 Å². The Labute approximate surface area is 146 Å². The number of ether oxygens (including phenoxy) is 1. The van der Waals surface area contributed by atoms with Gasteiger partial charge in [-0.3, -0.25) is 9.59 Å². The molecule has 5 heteroatoms. The summed E-state index contributed by atoms with van der Waals surface area (Å²) in [5.41, 5.74) is 1.17. The van der Waals surface area contributed by atoms with Crippen LogP contribution in [0.3, 0.4) is 0 Å². The SMILES string of the molecule is C[C@@]12C[C@@H](c3ccccc3O1)[C@H](C(=O)NCc1ccccc1)C(=O)N2. The Balaban J connectivity index is 1.59. The zero-order valence-electron chi connectivity index (χ0n) is 14.0. The normalized spacial score (nSPS) is 26.8. The molecule has 2 N–H and O–H groups in total. The maximum absolute atomic E-state index is 12.8. The van der Waals surface area contributed by atoms with E-state index in [4.69, 9.17) is 4.74 Å². The Hall–Kier alpha value is -2.82. The summed E-state index contributed by atoms with van der Waals surface area (Å²) in [5.74, 6) is -0.715. The van der Waals surface area contributed by atoms with Gasteiger partial charge < -0.3 is 15.4 Å². The van der Waals surface area contributed by atoms with Crippen molar-refractivity contribution in [2.24, 2.45) is 5.92 Å². The van der Waals surface area contributed by atoms with Crippen LogP contribution in [0.25, 0.3) is 0 Å². The first-order valence-corrected chi connectivity index (χ1v) is 8.47. The molecular formula is C20H20N2O3. The Morgan fingerprint density at radius 2 is 1.92 bits per heavy atom. The van der Waals surface area contributed by atoms with E-state index < -0.39 is 11.6 Å². The fourth-order valence-electron chi connectivity index (χ4n) is 3.79. The summed E-state index contributed by atoms with van der Waals surface area (Å²) in [4.78, 5) is 25.4. The van der Waals surface area contributed by atoms with Crippen molar-refractivity contribution in [3.05, 3.63) is 65.7 Å². The van der Waals surface area contributed by atoms with E-state index in [-0.39, 0.29) is 17.7 Å². The molecule has 0 spiro atoms. The summed E-state index contributed by atoms with van der Waals surface area (Å²) < 4.78 is 5.95. The highest BCUT2D eigenvalue weighted by atomic mass is 16.5. The van der Waals surface area contributed by atoms with Crippen molar-refractivity contribution >= 4 is 11.8 Å². The Morgan fingerprint density at radius 3 is 2.72 bits per heavy atom. The van der Waals surface area contributed by atoms with Crippen LogP contribution in [-0.4, -0.2) is 17.5 Å². The highest BCUT2D eigenvalue weighted by molar-refractivity contribution is 6.02. The minimum atomic E-state index is -0.758. The fraction of sp³-hybridized carbons (Fsp3) is 0.300. The number of nitrogens with one attached hydrogen (secondary N) is 2. The van der Waals surface area contributed by atoms with E-state index in [0.717, 1.165) is 16.9 Å². The molecule has 0 aliphatic carbocycles. The lowest BCUT2D eigenvalue weighted by molar-refractivity contribution is -0.147. The third-order valence-electron chi connectivity index (χ3n) is 4.93. The lowest BCUT2D eigenvalue weighted by Gasteiger charge is -2.46. The predicted octanol–water partition coefficient (Wildman–Crippen LogP) is 2.33. The first-order chi connectivity index (χ1) is 12.1. The third kappa shape index (κ3) is 2.86. The van der Waals surface area contributed by atoms with E-state index in [2.05, 4.69) is 10.6 Å². The molecule has 5 nitrogen and oxygen atoms in total. The van der Waals surface area contributed by atoms with Gasteiger partial charge in [-0.1, -0.05) is 48.5 Å². The fourth-order valence-corrected chi connectivity index (χ4v) is 3.79. The van der Waals surface area contributed by atoms with Gasteiger partial charge in [0.1, 0.15) is 11.7 Å². The molecule has 0 saturated carbocycles. The van der Waals surface area contributed by atoms with E-state index in [1.807, 2.05) is 61.5 Å². The minimum absolute atomic E-state index is 0.181. The highest BCUT2D eigenvalue weighted by Gasteiger charge is 2.51. The van der Waals surface area contributed by atoms with Crippen LogP contribution in [0.2, 0.25) is 0 Å². The predicted molar refractivity (Wildman–Crippen MR) is 92.8 cm³/mol. The summed E-state index contributed by atoms with van der Waals surface area (Å²) in [6.07, 6.45) is 0.583. The van der Waals surface area contributed by atoms with Crippen LogP contribution < -0.4 is 15.4 Å². The van der Waals surface area contributed by atoms with Crippen LogP contribution in [0, 0.1) is 5.92 Å². The van der Waals surface area contributed by atoms with E-state index in [1.54, 1.807) is 0 Å². The number of benzene rings is 2. The average Bonchev–Trinajstić information content (AvgIpc) is 2.60. The van der Waals surface area contributed by atoms with Crippen LogP contribution in [0.15, 0.2) is 54.6 Å². The zero-order valence-corrected chi connectivity index (χ0v) is 14.0. The third-order valence-corrected chi connectivity index (χ3v) is 4.93. The molecule has 2 aliphatic rings. The molecule has 1 saturated heterocycles. The highest BCUT2D eigenvalue weighted by Crippen LogP contribution is 2.46. The zero-order chi connectivity index (χ0) is 17.4. The topological polar surface area (TPSA) is 67.4 Å². The second-order valence-corrected chi connectivity index (χ2v) is 6.85. The van der Waals surface area contributed by atoms with E-state index >= 15 is 0 Å². The maximum atomic E-state index is 12.8. The first-order valence-electron chi connectivity index (χ1n) is 8.47. The molecule has 4 rings (SSSR count). The monoisotopic (exact) mass is 336 g/mol. The van der Waals surface area contributed by atoms with Crippen LogP contribution in [0.5, 0.6) is 5.75 Å². The lowest BCUT2D eigenvalue weighted by atomic mass is 9.74. The van der Waals surface area contributed by atoms with Gasteiger partial charge in [0, 0.05) is 18.9 Å². The van der Waals surface area contributed by atoms with E-state index in [1.165, 1.54) is 0 Å². The molecule has 2 aromatic rings. The summed E-state index contributed by atoms with van der Waals surface area (Å²) >= 11 is 0. The van der Waals surface area contributed by atoms with Crippen LogP contribution in [0.1, 0.15) is 30.4 Å². The molecule has 0 aromatic heterocycles. The second kappa shape index (κ2) is 5.92. The summed E-state index contributed by atoms with van der Waals surface area (Å²) in [6.45, 7) is 2.26. The van der Waals surface area contributed by atoms with Gasteiger partial charge in [-0.25, -0.2) is 0 Å². The van der Waals surface area contributed by atoms with Crippen molar-refractivity contribution in [2.45, 2.75) is 31.5 Å². The maximum Gasteiger partial charge on any atom is 0.236 e. The molecule has 2 amide bonds. The number of rotatable bonds is 3. The minimum Gasteiger partial charge on any atom is -0.468 e. The van der Waals surface area contributed by atoms with Gasteiger partial charge in [-0.2, -0.15) is 0 Å². The Bertz CT molecular complexity index is 821. The number of hydrogen-bond donors (Lipinski definition) is 2. The van der Waals surface area contributed by atoms with Gasteiger partial charge in [-0.05, 0) is 24.1 Å². The molecule has 2 aliphatic heterocycles. The number of carbonyl (C=O) groups excluding carboxylic acids is 2. The van der Waals surface area contributed by atoms with Gasteiger partial charge in [-0.15, -0.1) is 0 Å². The Kier molecular flexibility index (Phi) is 3.71. The lowest BCUT2D eigenvalue weighted by Crippen LogP contribution is -2.62. The number of hydrogen-bond acceptors (Lipinski definition) is 3. The smallest absolute Gasteiger partial charge is 0.236 e. The van der Waals surface area contributed by atoms with E-state index in [9.17, 15) is 9.59 Å². The van der Waals surface area contributed by atoms with Crippen LogP contribution in [0.4, 0.5) is 0 Å². The van der Waals surface area contributed by atoms with Crippen molar-refractivity contribution in [1.82, 2.24) is 10.6 Å². The summed E-state index contributed by atoms with van der Waals surface area (Å²) in [7, 11) is 0. The first kappa shape index (κ1) is 15.7. The van der Waals surface area contributed by atoms with Crippen molar-refractivity contribution < 1.29 is 14.3 Å². The average molecular weight is 336 g/mol. The largest absolute Gasteiger partial charge is 0.468 e. The van der Waals surface area contributed by atoms with Gasteiger partial charge in [0.25, 0.3) is 0 Å². The van der Waals surface area contributed by atoms with Crippen molar-refractivity contribution in [3.63, 3.8) is 0 Å². The molecule has 2 aromatic carbocycles. The number of para-hydroxylation sites is 1. The Morgan fingerprint density at radius 1 is 1.20 bits per heavy atom. The standard InChI is InChI=1S/C20H20N2O3/c1-20-11-15(14-9-5-6-10-16(14)25-20)17(19(24)22-20)18(23)21-12-13-7-3-2-4-8-13/h2-10,15,17H,11-12H2,1H3,(H,21,23)(H,22,24)/t15-,17+,20-/m0/s1. The van der Waals surface area contributed by atoms with Crippen molar-refractivity contribution in [1.29, 1.82) is 0 Å². The molecule has 3 atom stereocenters. The molecular weight excluding hydrogens is 316 g/mol. The second-order valence-electron chi connectivity index (χ2n) is 6.85. The van der Waals surface area contributed by atoms with Gasteiger partial charge in [0.05, 0.1) is 0 Å². The number of piperidine rings is 1.